The van der Waals surface area contributed by atoms with Crippen LogP contribution in [0.5, 0.6) is 11.5 Å². The van der Waals surface area contributed by atoms with Crippen LogP contribution >= 0.6 is 0 Å². The second kappa shape index (κ2) is 4.16. The van der Waals surface area contributed by atoms with Crippen LogP contribution in [0.15, 0.2) is 12.1 Å². The third-order valence-corrected chi connectivity index (χ3v) is 5.01. The van der Waals surface area contributed by atoms with E-state index < -0.39 is 0 Å². The first-order valence-corrected chi connectivity index (χ1v) is 7.41. The average Bonchev–Trinajstić information content (AvgIpc) is 2.25. The molecule has 0 aromatic heterocycles. The van der Waals surface area contributed by atoms with Crippen molar-refractivity contribution < 1.29 is 9.84 Å². The van der Waals surface area contributed by atoms with Gasteiger partial charge in [-0.2, -0.15) is 0 Å². The molecule has 1 aromatic carbocycles. The molecule has 104 valence electrons. The molecular weight excluding hydrogens is 236 g/mol. The zero-order valence-corrected chi connectivity index (χ0v) is 12.4. The molecule has 0 radical (unpaired) electrons. The summed E-state index contributed by atoms with van der Waals surface area (Å²) in [6.07, 6.45) is 3.64. The lowest BCUT2D eigenvalue weighted by Crippen LogP contribution is -2.46. The molecule has 0 bridgehead atoms. The summed E-state index contributed by atoms with van der Waals surface area (Å²) in [6.45, 7) is 8.72. The minimum atomic E-state index is -0.127. The van der Waals surface area contributed by atoms with Crippen LogP contribution in [0.1, 0.15) is 57.1 Å². The fourth-order valence-electron chi connectivity index (χ4n) is 4.09. The summed E-state index contributed by atoms with van der Waals surface area (Å²) in [7, 11) is 0. The Morgan fingerprint density at radius 3 is 2.74 bits per heavy atom. The maximum atomic E-state index is 10.4. The standard InChI is InChI=1S/C17H24O2/c1-10-5-6-13-12(7-10)16-14(18)8-11(2)9-15(16)19-17(13,3)4/h8-10,12-13,18H,5-7H2,1-4H3/t10-,12-,13-/m0/s1. The highest BCUT2D eigenvalue weighted by molar-refractivity contribution is 5.51. The van der Waals surface area contributed by atoms with Gasteiger partial charge in [0.25, 0.3) is 0 Å². The van der Waals surface area contributed by atoms with E-state index in [1.807, 2.05) is 13.0 Å². The molecule has 19 heavy (non-hydrogen) atoms. The molecule has 0 spiro atoms. The number of ether oxygens (including phenoxy) is 1. The first-order valence-electron chi connectivity index (χ1n) is 7.41. The highest BCUT2D eigenvalue weighted by Crippen LogP contribution is 2.55. The molecule has 1 aliphatic heterocycles. The van der Waals surface area contributed by atoms with Crippen molar-refractivity contribution in [3.8, 4) is 11.5 Å². The molecule has 1 N–H and O–H groups in total. The number of fused-ring (bicyclic) bond motifs is 3. The Morgan fingerprint density at radius 1 is 1.26 bits per heavy atom. The van der Waals surface area contributed by atoms with Crippen molar-refractivity contribution in [2.45, 2.75) is 58.5 Å². The Hall–Kier alpha value is -1.18. The molecule has 0 saturated heterocycles. The summed E-state index contributed by atoms with van der Waals surface area (Å²) < 4.78 is 6.23. The molecular formula is C17H24O2. The van der Waals surface area contributed by atoms with Gasteiger partial charge >= 0.3 is 0 Å². The predicted octanol–water partition coefficient (Wildman–Crippen LogP) is 4.39. The Balaban J connectivity index is 2.13. The molecule has 1 aliphatic carbocycles. The van der Waals surface area contributed by atoms with Gasteiger partial charge in [-0.15, -0.1) is 0 Å². The van der Waals surface area contributed by atoms with Crippen molar-refractivity contribution in [3.63, 3.8) is 0 Å². The second-order valence-corrected chi connectivity index (χ2v) is 7.03. The normalized spacial score (nSPS) is 32.1. The van der Waals surface area contributed by atoms with E-state index in [1.54, 1.807) is 0 Å². The SMILES string of the molecule is Cc1cc(O)c2c(c1)OC(C)(C)[C@H]1CC[C@H](C)C[C@H]21. The minimum Gasteiger partial charge on any atom is -0.508 e. The fraction of sp³-hybridized carbons (Fsp3) is 0.647. The van der Waals surface area contributed by atoms with Gasteiger partial charge < -0.3 is 9.84 Å². The number of aromatic hydroxyl groups is 1. The van der Waals surface area contributed by atoms with Gasteiger partial charge in [0.15, 0.2) is 0 Å². The molecule has 1 fully saturated rings. The molecule has 1 aromatic rings. The van der Waals surface area contributed by atoms with Gasteiger partial charge in [0, 0.05) is 11.5 Å². The summed E-state index contributed by atoms with van der Waals surface area (Å²) in [5.41, 5.74) is 1.99. The van der Waals surface area contributed by atoms with Gasteiger partial charge in [-0.3, -0.25) is 0 Å². The van der Waals surface area contributed by atoms with Crippen LogP contribution in [-0.4, -0.2) is 10.7 Å². The Morgan fingerprint density at radius 2 is 2.00 bits per heavy atom. The van der Waals surface area contributed by atoms with Crippen molar-refractivity contribution in [3.05, 3.63) is 23.3 Å². The summed E-state index contributed by atoms with van der Waals surface area (Å²) in [6, 6.07) is 3.95. The van der Waals surface area contributed by atoms with Crippen molar-refractivity contribution in [2.24, 2.45) is 11.8 Å². The topological polar surface area (TPSA) is 29.5 Å². The lowest BCUT2D eigenvalue weighted by atomic mass is 9.64. The highest BCUT2D eigenvalue weighted by atomic mass is 16.5. The van der Waals surface area contributed by atoms with Crippen molar-refractivity contribution in [1.29, 1.82) is 0 Å². The van der Waals surface area contributed by atoms with Gasteiger partial charge in [0.1, 0.15) is 17.1 Å². The Kier molecular flexibility index (Phi) is 2.81. The van der Waals surface area contributed by atoms with E-state index in [1.165, 1.54) is 19.3 Å². The number of phenols is 1. The number of aryl methyl sites for hydroxylation is 1. The van der Waals surface area contributed by atoms with Crippen LogP contribution in [0.2, 0.25) is 0 Å². The monoisotopic (exact) mass is 260 g/mol. The van der Waals surface area contributed by atoms with E-state index in [2.05, 4.69) is 26.8 Å². The molecule has 3 atom stereocenters. The lowest BCUT2D eigenvalue weighted by molar-refractivity contribution is -0.0145. The molecule has 2 nitrogen and oxygen atoms in total. The number of phenolic OH excluding ortho intramolecular Hbond substituents is 1. The first kappa shape index (κ1) is 12.8. The van der Waals surface area contributed by atoms with Crippen molar-refractivity contribution in [1.82, 2.24) is 0 Å². The van der Waals surface area contributed by atoms with Crippen LogP contribution in [0.4, 0.5) is 0 Å². The number of hydrogen-bond acceptors (Lipinski definition) is 2. The summed E-state index contributed by atoms with van der Waals surface area (Å²) in [4.78, 5) is 0. The third kappa shape index (κ3) is 2.01. The van der Waals surface area contributed by atoms with E-state index in [9.17, 15) is 5.11 Å². The number of hydrogen-bond donors (Lipinski definition) is 1. The number of rotatable bonds is 0. The lowest BCUT2D eigenvalue weighted by Gasteiger charge is -2.48. The molecule has 2 heteroatoms. The fourth-order valence-corrected chi connectivity index (χ4v) is 4.09. The summed E-state index contributed by atoms with van der Waals surface area (Å²) in [5.74, 6) is 3.03. The van der Waals surface area contributed by atoms with Gasteiger partial charge in [-0.25, -0.2) is 0 Å². The van der Waals surface area contributed by atoms with Crippen LogP contribution in [0.3, 0.4) is 0 Å². The highest BCUT2D eigenvalue weighted by Gasteiger charge is 2.46. The van der Waals surface area contributed by atoms with Crippen LogP contribution in [0.25, 0.3) is 0 Å². The average molecular weight is 260 g/mol. The minimum absolute atomic E-state index is 0.127. The summed E-state index contributed by atoms with van der Waals surface area (Å²) >= 11 is 0. The maximum absolute atomic E-state index is 10.4. The predicted molar refractivity (Wildman–Crippen MR) is 76.8 cm³/mol. The van der Waals surface area contributed by atoms with E-state index in [0.29, 0.717) is 17.6 Å². The molecule has 0 amide bonds. The van der Waals surface area contributed by atoms with Crippen molar-refractivity contribution >= 4 is 0 Å². The number of benzene rings is 1. The second-order valence-electron chi connectivity index (χ2n) is 7.03. The van der Waals surface area contributed by atoms with E-state index in [-0.39, 0.29) is 5.60 Å². The largest absolute Gasteiger partial charge is 0.508 e. The quantitative estimate of drug-likeness (QED) is 0.749. The van der Waals surface area contributed by atoms with E-state index >= 15 is 0 Å². The van der Waals surface area contributed by atoms with Crippen LogP contribution < -0.4 is 4.74 Å². The molecule has 1 saturated carbocycles. The zero-order chi connectivity index (χ0) is 13.8. The van der Waals surface area contributed by atoms with Crippen LogP contribution in [0, 0.1) is 18.8 Å². The molecule has 0 unspecified atom stereocenters. The smallest absolute Gasteiger partial charge is 0.127 e. The third-order valence-electron chi connectivity index (χ3n) is 5.01. The van der Waals surface area contributed by atoms with E-state index in [4.69, 9.17) is 4.74 Å². The van der Waals surface area contributed by atoms with Crippen LogP contribution in [-0.2, 0) is 0 Å². The van der Waals surface area contributed by atoms with Crippen molar-refractivity contribution in [2.75, 3.05) is 0 Å². The van der Waals surface area contributed by atoms with Gasteiger partial charge in [0.05, 0.1) is 0 Å². The van der Waals surface area contributed by atoms with Gasteiger partial charge in [-0.05, 0) is 63.1 Å². The Labute approximate surface area is 115 Å². The first-order chi connectivity index (χ1) is 8.88. The molecule has 3 rings (SSSR count). The molecule has 1 heterocycles. The summed E-state index contributed by atoms with van der Waals surface area (Å²) in [5, 5.41) is 10.4. The maximum Gasteiger partial charge on any atom is 0.127 e. The zero-order valence-electron chi connectivity index (χ0n) is 12.4. The Bertz CT molecular complexity index is 504. The van der Waals surface area contributed by atoms with E-state index in [0.717, 1.165) is 22.8 Å². The van der Waals surface area contributed by atoms with Gasteiger partial charge in [0.2, 0.25) is 0 Å². The molecule has 2 aliphatic rings. The van der Waals surface area contributed by atoms with Gasteiger partial charge in [-0.1, -0.05) is 13.3 Å².